The van der Waals surface area contributed by atoms with Gasteiger partial charge in [0.2, 0.25) is 11.8 Å². The van der Waals surface area contributed by atoms with Crippen LogP contribution in [0.15, 0.2) is 10.9 Å². The third-order valence-corrected chi connectivity index (χ3v) is 5.87. The van der Waals surface area contributed by atoms with Crippen LogP contribution in [0.2, 0.25) is 0 Å². The number of halogens is 2. The standard InChI is InChI=1S/C23H29F2N5O4/c1-13-15(7-8-16(31)28-10-9-23(24,25)12-28)19-29(11-22(2,3)4)20(33)17(21(34)30(19)27-13)18(32)26-14-5-6-14/h7-8,14,33H,5-6,9-12H2,1-4H3,(H,26,32)/b8-7+. The van der Waals surface area contributed by atoms with Crippen LogP contribution in [0.5, 0.6) is 5.88 Å². The van der Waals surface area contributed by atoms with E-state index in [-0.39, 0.29) is 36.6 Å². The molecule has 2 N–H and O–H groups in total. The molecule has 2 amide bonds. The fourth-order valence-electron chi connectivity index (χ4n) is 4.05. The van der Waals surface area contributed by atoms with Crippen molar-refractivity contribution < 1.29 is 23.5 Å². The molecule has 34 heavy (non-hydrogen) atoms. The lowest BCUT2D eigenvalue weighted by Gasteiger charge is -2.23. The van der Waals surface area contributed by atoms with E-state index < -0.39 is 41.3 Å². The maximum Gasteiger partial charge on any atom is 0.291 e. The Morgan fingerprint density at radius 1 is 1.29 bits per heavy atom. The summed E-state index contributed by atoms with van der Waals surface area (Å²) in [6, 6.07) is -0.0140. The number of carbonyl (C=O) groups is 2. The molecule has 0 bridgehead atoms. The van der Waals surface area contributed by atoms with Gasteiger partial charge >= 0.3 is 0 Å². The first-order chi connectivity index (χ1) is 15.8. The van der Waals surface area contributed by atoms with E-state index in [1.807, 2.05) is 20.8 Å². The van der Waals surface area contributed by atoms with Crippen molar-refractivity contribution in [3.05, 3.63) is 33.3 Å². The Bertz CT molecular complexity index is 1250. The summed E-state index contributed by atoms with van der Waals surface area (Å²) >= 11 is 0. The van der Waals surface area contributed by atoms with Crippen molar-refractivity contribution in [2.24, 2.45) is 5.41 Å². The smallest absolute Gasteiger partial charge is 0.291 e. The molecule has 0 aromatic carbocycles. The molecular weight excluding hydrogens is 448 g/mol. The van der Waals surface area contributed by atoms with Gasteiger partial charge in [0.25, 0.3) is 17.4 Å². The van der Waals surface area contributed by atoms with Crippen LogP contribution in [0.4, 0.5) is 8.78 Å². The molecular formula is C23H29F2N5O4. The highest BCUT2D eigenvalue weighted by atomic mass is 19.3. The van der Waals surface area contributed by atoms with E-state index in [1.54, 1.807) is 6.92 Å². The fraction of sp³-hybridized carbons (Fsp3) is 0.565. The topological polar surface area (TPSA) is 109 Å². The maximum absolute atomic E-state index is 13.5. The summed E-state index contributed by atoms with van der Waals surface area (Å²) in [7, 11) is 0. The second-order valence-electron chi connectivity index (χ2n) is 10.3. The average molecular weight is 478 g/mol. The van der Waals surface area contributed by atoms with Crippen LogP contribution < -0.4 is 10.9 Å². The zero-order valence-corrected chi connectivity index (χ0v) is 19.7. The van der Waals surface area contributed by atoms with Crippen LogP contribution in [0, 0.1) is 12.3 Å². The highest BCUT2D eigenvalue weighted by Crippen LogP contribution is 2.30. The molecule has 3 heterocycles. The predicted octanol–water partition coefficient (Wildman–Crippen LogP) is 2.33. The Hall–Kier alpha value is -3.24. The van der Waals surface area contributed by atoms with Crippen molar-refractivity contribution >= 4 is 23.5 Å². The first-order valence-electron chi connectivity index (χ1n) is 11.3. The average Bonchev–Trinajstić information content (AvgIpc) is 3.35. The van der Waals surface area contributed by atoms with Gasteiger partial charge in [-0.1, -0.05) is 20.8 Å². The Morgan fingerprint density at radius 3 is 2.53 bits per heavy atom. The lowest BCUT2D eigenvalue weighted by Crippen LogP contribution is -2.35. The molecule has 0 unspecified atom stereocenters. The molecule has 2 aromatic heterocycles. The molecule has 1 saturated heterocycles. The van der Waals surface area contributed by atoms with E-state index in [2.05, 4.69) is 10.4 Å². The van der Waals surface area contributed by atoms with Gasteiger partial charge in [-0.05, 0) is 31.3 Å². The SMILES string of the molecule is Cc1nn2c(=O)c(C(=O)NC3CC3)c(O)n(CC(C)(C)C)c2c1/C=C/C(=O)N1CCC(F)(F)C1. The normalized spacial score (nSPS) is 18.2. The number of rotatable bonds is 5. The molecule has 4 rings (SSSR count). The van der Waals surface area contributed by atoms with Gasteiger partial charge in [0.1, 0.15) is 5.65 Å². The minimum absolute atomic E-state index is 0.0140. The summed E-state index contributed by atoms with van der Waals surface area (Å²) in [6.07, 6.45) is 3.84. The summed E-state index contributed by atoms with van der Waals surface area (Å²) in [5.74, 6) is -4.62. The van der Waals surface area contributed by atoms with Crippen LogP contribution in [0.25, 0.3) is 11.7 Å². The highest BCUT2D eigenvalue weighted by Gasteiger charge is 2.39. The number of likely N-dealkylation sites (tertiary alicyclic amines) is 1. The number of nitrogens with one attached hydrogen (secondary N) is 1. The van der Waals surface area contributed by atoms with Gasteiger partial charge in [0.15, 0.2) is 5.56 Å². The number of amides is 2. The minimum Gasteiger partial charge on any atom is -0.494 e. The third-order valence-electron chi connectivity index (χ3n) is 5.87. The Balaban J connectivity index is 1.82. The number of nitrogens with zero attached hydrogens (tertiary/aromatic N) is 4. The number of fused-ring (bicyclic) bond motifs is 1. The van der Waals surface area contributed by atoms with Crippen LogP contribution in [-0.4, -0.2) is 61.1 Å². The molecule has 0 spiro atoms. The van der Waals surface area contributed by atoms with Crippen molar-refractivity contribution in [3.8, 4) is 5.88 Å². The van der Waals surface area contributed by atoms with E-state index in [9.17, 15) is 28.3 Å². The largest absolute Gasteiger partial charge is 0.494 e. The van der Waals surface area contributed by atoms with Crippen LogP contribution >= 0.6 is 0 Å². The Labute approximate surface area is 195 Å². The van der Waals surface area contributed by atoms with Gasteiger partial charge in [-0.25, -0.2) is 8.78 Å². The number of aromatic hydroxyl groups is 1. The van der Waals surface area contributed by atoms with E-state index in [0.717, 1.165) is 22.3 Å². The molecule has 9 nitrogen and oxygen atoms in total. The van der Waals surface area contributed by atoms with E-state index in [4.69, 9.17) is 0 Å². The summed E-state index contributed by atoms with van der Waals surface area (Å²) in [5.41, 5.74) is -0.539. The van der Waals surface area contributed by atoms with Crippen LogP contribution in [-0.2, 0) is 11.3 Å². The molecule has 2 aromatic rings. The molecule has 0 radical (unpaired) electrons. The van der Waals surface area contributed by atoms with Crippen molar-refractivity contribution in [3.63, 3.8) is 0 Å². The third kappa shape index (κ3) is 4.69. The van der Waals surface area contributed by atoms with Gasteiger partial charge in [-0.2, -0.15) is 9.61 Å². The van der Waals surface area contributed by atoms with Gasteiger partial charge in [-0.3, -0.25) is 19.0 Å². The number of hydrogen-bond donors (Lipinski definition) is 2. The van der Waals surface area contributed by atoms with Crippen molar-refractivity contribution in [2.45, 2.75) is 65.5 Å². The number of carbonyl (C=O) groups excluding carboxylic acids is 2. The summed E-state index contributed by atoms with van der Waals surface area (Å²) < 4.78 is 29.5. The molecule has 1 saturated carbocycles. The monoisotopic (exact) mass is 477 g/mol. The molecule has 2 aliphatic rings. The summed E-state index contributed by atoms with van der Waals surface area (Å²) in [4.78, 5) is 39.5. The Morgan fingerprint density at radius 2 is 1.97 bits per heavy atom. The van der Waals surface area contributed by atoms with E-state index in [1.165, 1.54) is 16.7 Å². The summed E-state index contributed by atoms with van der Waals surface area (Å²) in [6.45, 7) is 6.98. The van der Waals surface area contributed by atoms with E-state index in [0.29, 0.717) is 11.3 Å². The predicted molar refractivity (Wildman–Crippen MR) is 121 cm³/mol. The lowest BCUT2D eigenvalue weighted by atomic mass is 9.96. The van der Waals surface area contributed by atoms with Crippen molar-refractivity contribution in [1.29, 1.82) is 0 Å². The first kappa shape index (κ1) is 23.9. The lowest BCUT2D eigenvalue weighted by molar-refractivity contribution is -0.126. The fourth-order valence-corrected chi connectivity index (χ4v) is 4.05. The van der Waals surface area contributed by atoms with Crippen LogP contribution in [0.1, 0.15) is 61.6 Å². The molecule has 1 aliphatic heterocycles. The molecule has 2 fully saturated rings. The number of alkyl halides is 2. The molecule has 1 aliphatic carbocycles. The molecule has 184 valence electrons. The van der Waals surface area contributed by atoms with Crippen LogP contribution in [0.3, 0.4) is 0 Å². The van der Waals surface area contributed by atoms with Gasteiger partial charge in [-0.15, -0.1) is 0 Å². The number of aromatic nitrogens is 3. The van der Waals surface area contributed by atoms with Crippen molar-refractivity contribution in [1.82, 2.24) is 24.4 Å². The zero-order chi connectivity index (χ0) is 25.0. The van der Waals surface area contributed by atoms with Gasteiger partial charge < -0.3 is 15.3 Å². The molecule has 11 heteroatoms. The minimum atomic E-state index is -2.90. The van der Waals surface area contributed by atoms with E-state index >= 15 is 0 Å². The quantitative estimate of drug-likeness (QED) is 0.643. The second kappa shape index (κ2) is 8.21. The first-order valence-corrected chi connectivity index (χ1v) is 11.3. The zero-order valence-electron chi connectivity index (χ0n) is 19.7. The van der Waals surface area contributed by atoms with Gasteiger partial charge in [0.05, 0.1) is 12.2 Å². The number of hydrogen-bond acceptors (Lipinski definition) is 5. The summed E-state index contributed by atoms with van der Waals surface area (Å²) in [5, 5.41) is 18.1. The highest BCUT2D eigenvalue weighted by molar-refractivity contribution is 5.97. The van der Waals surface area contributed by atoms with Gasteiger partial charge in [0, 0.05) is 37.2 Å². The van der Waals surface area contributed by atoms with Crippen molar-refractivity contribution in [2.75, 3.05) is 13.1 Å². The maximum atomic E-state index is 13.5. The molecule has 0 atom stereocenters. The second-order valence-corrected chi connectivity index (χ2v) is 10.3. The Kier molecular flexibility index (Phi) is 5.77. The number of aryl methyl sites for hydroxylation is 1.